The lowest BCUT2D eigenvalue weighted by Crippen LogP contribution is -2.36. The lowest BCUT2D eigenvalue weighted by Gasteiger charge is -2.28. The number of benzene rings is 1. The standard InChI is InChI=1S/C12H16N2O2/c1-15-13-10-11-2-4-12(5-3-11)14-6-8-16-9-7-14/h2-5,10H,6-9H2,1H3. The van der Waals surface area contributed by atoms with Gasteiger partial charge in [0, 0.05) is 18.8 Å². The van der Waals surface area contributed by atoms with E-state index in [0.29, 0.717) is 0 Å². The molecule has 0 unspecified atom stereocenters. The number of oxime groups is 1. The van der Waals surface area contributed by atoms with E-state index in [0.717, 1.165) is 31.9 Å². The average Bonchev–Trinajstić information content (AvgIpc) is 2.38. The molecule has 1 fully saturated rings. The summed E-state index contributed by atoms with van der Waals surface area (Å²) in [5.74, 6) is 0. The first-order valence-corrected chi connectivity index (χ1v) is 5.39. The van der Waals surface area contributed by atoms with Crippen molar-refractivity contribution in [1.29, 1.82) is 0 Å². The Morgan fingerprint density at radius 2 is 1.94 bits per heavy atom. The Morgan fingerprint density at radius 3 is 2.56 bits per heavy atom. The fraction of sp³-hybridized carbons (Fsp3) is 0.417. The molecular weight excluding hydrogens is 204 g/mol. The first-order chi connectivity index (χ1) is 7.90. The largest absolute Gasteiger partial charge is 0.399 e. The van der Waals surface area contributed by atoms with Crippen molar-refractivity contribution in [3.05, 3.63) is 29.8 Å². The minimum atomic E-state index is 0.812. The van der Waals surface area contributed by atoms with Crippen molar-refractivity contribution in [2.24, 2.45) is 5.16 Å². The summed E-state index contributed by atoms with van der Waals surface area (Å²) in [7, 11) is 1.54. The van der Waals surface area contributed by atoms with Crippen LogP contribution in [-0.4, -0.2) is 39.6 Å². The Bertz CT molecular complexity index is 343. The maximum absolute atomic E-state index is 5.32. The van der Waals surface area contributed by atoms with E-state index < -0.39 is 0 Å². The Morgan fingerprint density at radius 1 is 1.25 bits per heavy atom. The highest BCUT2D eigenvalue weighted by molar-refractivity contribution is 5.79. The van der Waals surface area contributed by atoms with Gasteiger partial charge in [-0.3, -0.25) is 0 Å². The molecule has 0 saturated carbocycles. The quantitative estimate of drug-likeness (QED) is 0.572. The molecule has 0 bridgehead atoms. The van der Waals surface area contributed by atoms with Gasteiger partial charge in [0.1, 0.15) is 7.11 Å². The van der Waals surface area contributed by atoms with Crippen LogP contribution in [0.25, 0.3) is 0 Å². The van der Waals surface area contributed by atoms with Gasteiger partial charge in [-0.15, -0.1) is 0 Å². The number of morpholine rings is 1. The Balaban J connectivity index is 2.03. The van der Waals surface area contributed by atoms with Gasteiger partial charge in [-0.2, -0.15) is 0 Å². The molecule has 1 aromatic rings. The smallest absolute Gasteiger partial charge is 0.106 e. The SMILES string of the molecule is CON=Cc1ccc(N2CCOCC2)cc1. The number of hydrogen-bond donors (Lipinski definition) is 0. The second kappa shape index (κ2) is 5.51. The summed E-state index contributed by atoms with van der Waals surface area (Å²) >= 11 is 0. The maximum Gasteiger partial charge on any atom is 0.106 e. The summed E-state index contributed by atoms with van der Waals surface area (Å²) in [4.78, 5) is 6.96. The van der Waals surface area contributed by atoms with E-state index in [9.17, 15) is 0 Å². The summed E-state index contributed by atoms with van der Waals surface area (Å²) in [6.45, 7) is 3.55. The highest BCUT2D eigenvalue weighted by Gasteiger charge is 2.10. The van der Waals surface area contributed by atoms with E-state index in [1.165, 1.54) is 5.69 Å². The minimum Gasteiger partial charge on any atom is -0.399 e. The van der Waals surface area contributed by atoms with Crippen LogP contribution < -0.4 is 4.90 Å². The van der Waals surface area contributed by atoms with Crippen LogP contribution in [0.2, 0.25) is 0 Å². The normalized spacial score (nSPS) is 16.7. The Kier molecular flexibility index (Phi) is 3.77. The zero-order valence-corrected chi connectivity index (χ0v) is 9.43. The molecule has 16 heavy (non-hydrogen) atoms. The van der Waals surface area contributed by atoms with Gasteiger partial charge in [-0.25, -0.2) is 0 Å². The summed E-state index contributed by atoms with van der Waals surface area (Å²) < 4.78 is 5.32. The molecule has 4 nitrogen and oxygen atoms in total. The Labute approximate surface area is 95.5 Å². The number of anilines is 1. The highest BCUT2D eigenvalue weighted by Crippen LogP contribution is 2.15. The fourth-order valence-corrected chi connectivity index (χ4v) is 1.71. The number of hydrogen-bond acceptors (Lipinski definition) is 4. The molecule has 0 spiro atoms. The van der Waals surface area contributed by atoms with Crippen LogP contribution >= 0.6 is 0 Å². The number of rotatable bonds is 3. The van der Waals surface area contributed by atoms with Gasteiger partial charge < -0.3 is 14.5 Å². The molecule has 1 saturated heterocycles. The van der Waals surface area contributed by atoms with Gasteiger partial charge in [0.15, 0.2) is 0 Å². The predicted octanol–water partition coefficient (Wildman–Crippen LogP) is 1.50. The molecule has 0 radical (unpaired) electrons. The molecular formula is C12H16N2O2. The second-order valence-electron chi connectivity index (χ2n) is 3.61. The van der Waals surface area contributed by atoms with Crippen molar-refractivity contribution in [2.45, 2.75) is 0 Å². The van der Waals surface area contributed by atoms with Gasteiger partial charge in [0.25, 0.3) is 0 Å². The molecule has 4 heteroatoms. The molecule has 2 rings (SSSR count). The molecule has 0 aromatic heterocycles. The van der Waals surface area contributed by atoms with Crippen molar-refractivity contribution < 1.29 is 9.57 Å². The molecule has 1 aliphatic heterocycles. The van der Waals surface area contributed by atoms with E-state index in [-0.39, 0.29) is 0 Å². The highest BCUT2D eigenvalue weighted by atomic mass is 16.6. The lowest BCUT2D eigenvalue weighted by atomic mass is 10.2. The third-order valence-corrected chi connectivity index (χ3v) is 2.58. The van der Waals surface area contributed by atoms with Crippen LogP contribution in [0, 0.1) is 0 Å². The van der Waals surface area contributed by atoms with Gasteiger partial charge in [0.2, 0.25) is 0 Å². The van der Waals surface area contributed by atoms with E-state index in [4.69, 9.17) is 4.74 Å². The Hall–Kier alpha value is -1.55. The van der Waals surface area contributed by atoms with Crippen LogP contribution in [0.4, 0.5) is 5.69 Å². The third-order valence-electron chi connectivity index (χ3n) is 2.58. The first-order valence-electron chi connectivity index (χ1n) is 5.39. The third kappa shape index (κ3) is 2.73. The van der Waals surface area contributed by atoms with Crippen molar-refractivity contribution in [3.63, 3.8) is 0 Å². The molecule has 0 aliphatic carbocycles. The van der Waals surface area contributed by atoms with E-state index >= 15 is 0 Å². The van der Waals surface area contributed by atoms with Gasteiger partial charge >= 0.3 is 0 Å². The molecule has 0 N–H and O–H groups in total. The summed E-state index contributed by atoms with van der Waals surface area (Å²) in [5, 5.41) is 3.73. The van der Waals surface area contributed by atoms with Gasteiger partial charge in [-0.05, 0) is 17.7 Å². The van der Waals surface area contributed by atoms with Gasteiger partial charge in [-0.1, -0.05) is 17.3 Å². The minimum absolute atomic E-state index is 0.812. The van der Waals surface area contributed by atoms with Gasteiger partial charge in [0.05, 0.1) is 19.4 Å². The van der Waals surface area contributed by atoms with E-state index in [2.05, 4.69) is 27.0 Å². The summed E-state index contributed by atoms with van der Waals surface area (Å²) in [6, 6.07) is 8.27. The average molecular weight is 220 g/mol. The first kappa shape index (κ1) is 11.0. The van der Waals surface area contributed by atoms with Crippen LogP contribution in [0.15, 0.2) is 29.4 Å². The zero-order chi connectivity index (χ0) is 11.2. The van der Waals surface area contributed by atoms with Crippen molar-refractivity contribution in [3.8, 4) is 0 Å². The molecule has 1 aliphatic rings. The monoisotopic (exact) mass is 220 g/mol. The van der Waals surface area contributed by atoms with E-state index in [1.54, 1.807) is 13.3 Å². The van der Waals surface area contributed by atoms with Crippen molar-refractivity contribution in [1.82, 2.24) is 0 Å². The fourth-order valence-electron chi connectivity index (χ4n) is 1.71. The number of nitrogens with zero attached hydrogens (tertiary/aromatic N) is 2. The lowest BCUT2D eigenvalue weighted by molar-refractivity contribution is 0.122. The van der Waals surface area contributed by atoms with Crippen LogP contribution in [0.3, 0.4) is 0 Å². The van der Waals surface area contributed by atoms with Crippen molar-refractivity contribution in [2.75, 3.05) is 38.3 Å². The van der Waals surface area contributed by atoms with Crippen LogP contribution in [0.1, 0.15) is 5.56 Å². The topological polar surface area (TPSA) is 34.1 Å². The molecule has 0 amide bonds. The maximum atomic E-state index is 5.32. The number of ether oxygens (including phenoxy) is 1. The summed E-state index contributed by atoms with van der Waals surface area (Å²) in [6.07, 6.45) is 1.70. The van der Waals surface area contributed by atoms with Crippen molar-refractivity contribution >= 4 is 11.9 Å². The molecule has 86 valence electrons. The molecule has 0 atom stereocenters. The molecule has 1 aromatic carbocycles. The zero-order valence-electron chi connectivity index (χ0n) is 9.43. The van der Waals surface area contributed by atoms with Crippen LogP contribution in [0.5, 0.6) is 0 Å². The predicted molar refractivity (Wildman–Crippen MR) is 64.1 cm³/mol. The van der Waals surface area contributed by atoms with Crippen LogP contribution in [-0.2, 0) is 9.57 Å². The second-order valence-corrected chi connectivity index (χ2v) is 3.61. The molecule has 1 heterocycles. The van der Waals surface area contributed by atoms with E-state index in [1.807, 2.05) is 12.1 Å². The summed E-state index contributed by atoms with van der Waals surface area (Å²) in [5.41, 5.74) is 2.27.